The molecular weight excluding hydrogens is 412 g/mol. The number of anilines is 1. The summed E-state index contributed by atoms with van der Waals surface area (Å²) in [5, 5.41) is 2.75. The van der Waals surface area contributed by atoms with Crippen molar-refractivity contribution in [1.82, 2.24) is 4.98 Å². The van der Waals surface area contributed by atoms with Gasteiger partial charge in [0.05, 0.1) is 10.9 Å². The molecule has 1 fully saturated rings. The molecule has 3 nitrogen and oxygen atoms in total. The fourth-order valence-corrected chi connectivity index (χ4v) is 6.63. The van der Waals surface area contributed by atoms with Crippen molar-refractivity contribution in [1.29, 1.82) is 0 Å². The molecule has 0 spiro atoms. The maximum Gasteiger partial charge on any atom is 0.227 e. The summed E-state index contributed by atoms with van der Waals surface area (Å²) in [6, 6.07) is 30.4. The number of rotatable bonds is 3. The minimum absolute atomic E-state index is 0.196. The maximum atomic E-state index is 6.39. The summed E-state index contributed by atoms with van der Waals surface area (Å²) in [5.74, 6) is 0. The average molecular weight is 437 g/mol. The van der Waals surface area contributed by atoms with Crippen LogP contribution in [0.3, 0.4) is 0 Å². The molecule has 3 atom stereocenters. The maximum absolute atomic E-state index is 6.39. The summed E-state index contributed by atoms with van der Waals surface area (Å²) in [6.45, 7) is 4.53. The summed E-state index contributed by atoms with van der Waals surface area (Å²) < 4.78 is 6.39. The van der Waals surface area contributed by atoms with E-state index in [0.29, 0.717) is 11.0 Å². The van der Waals surface area contributed by atoms with Crippen LogP contribution >= 0.6 is 11.8 Å². The van der Waals surface area contributed by atoms with Crippen molar-refractivity contribution in [3.8, 4) is 0 Å². The quantitative estimate of drug-likeness (QED) is 0.290. The van der Waals surface area contributed by atoms with Crippen molar-refractivity contribution in [2.24, 2.45) is 0 Å². The summed E-state index contributed by atoms with van der Waals surface area (Å²) in [5.41, 5.74) is 6.70. The molecule has 6 rings (SSSR count). The Hall–Kier alpha value is -3.24. The smallest absolute Gasteiger partial charge is 0.227 e. The van der Waals surface area contributed by atoms with Gasteiger partial charge in [0.15, 0.2) is 5.58 Å². The van der Waals surface area contributed by atoms with Crippen LogP contribution in [0, 0.1) is 6.92 Å². The number of aromatic nitrogens is 1. The molecule has 5 aromatic rings. The first kappa shape index (κ1) is 19.4. The highest BCUT2D eigenvalue weighted by atomic mass is 32.2. The molecule has 0 aliphatic carbocycles. The van der Waals surface area contributed by atoms with Crippen LogP contribution in [-0.2, 0) is 0 Å². The second-order valence-corrected chi connectivity index (χ2v) is 9.67. The van der Waals surface area contributed by atoms with E-state index in [1.165, 1.54) is 22.4 Å². The lowest BCUT2D eigenvalue weighted by Gasteiger charge is -2.32. The summed E-state index contributed by atoms with van der Waals surface area (Å²) in [6.07, 6.45) is 1.80. The third kappa shape index (κ3) is 3.01. The minimum Gasteiger partial charge on any atom is -0.436 e. The van der Waals surface area contributed by atoms with Gasteiger partial charge in [-0.3, -0.25) is 0 Å². The largest absolute Gasteiger partial charge is 0.436 e. The Labute approximate surface area is 192 Å². The molecule has 4 heteroatoms. The molecule has 32 heavy (non-hydrogen) atoms. The molecule has 1 aliphatic rings. The number of hydrogen-bond acceptors (Lipinski definition) is 4. The zero-order chi connectivity index (χ0) is 21.7. The van der Waals surface area contributed by atoms with Gasteiger partial charge in [-0.25, -0.2) is 4.98 Å². The lowest BCUT2D eigenvalue weighted by Crippen LogP contribution is -2.32. The standard InChI is InChI=1S/C28H24N2OS/c1-18-15-16-22-23-14-9-17-29-27(23)31-25(22)24(18)30-19(2)26(20-10-5-3-6-11-20)32-28(30)21-12-7-4-8-13-21/h3-17,19,26,28H,1-2H3/t19-,26?,28?/m0/s1. The highest BCUT2D eigenvalue weighted by Gasteiger charge is 2.42. The van der Waals surface area contributed by atoms with Crippen molar-refractivity contribution in [3.05, 3.63) is 108 Å². The highest BCUT2D eigenvalue weighted by molar-refractivity contribution is 8.00. The molecule has 0 amide bonds. The number of pyridine rings is 1. The third-order valence-corrected chi connectivity index (χ3v) is 8.19. The van der Waals surface area contributed by atoms with Gasteiger partial charge in [0, 0.05) is 23.0 Å². The van der Waals surface area contributed by atoms with Gasteiger partial charge in [-0.05, 0) is 42.7 Å². The Morgan fingerprint density at radius 1 is 0.812 bits per heavy atom. The molecule has 0 saturated carbocycles. The highest BCUT2D eigenvalue weighted by Crippen LogP contribution is 2.56. The molecule has 2 aromatic heterocycles. The SMILES string of the molecule is Cc1ccc2c(oc3ncccc32)c1N1C(c2ccccc2)SC(c2ccccc2)[C@@H]1C. The summed E-state index contributed by atoms with van der Waals surface area (Å²) in [7, 11) is 0. The van der Waals surface area contributed by atoms with Crippen molar-refractivity contribution in [2.75, 3.05) is 4.90 Å². The number of nitrogens with zero attached hydrogens (tertiary/aromatic N) is 2. The Balaban J connectivity index is 1.58. The lowest BCUT2D eigenvalue weighted by atomic mass is 10.0. The van der Waals surface area contributed by atoms with Gasteiger partial charge in [-0.15, -0.1) is 11.8 Å². The zero-order valence-corrected chi connectivity index (χ0v) is 18.9. The number of fused-ring (bicyclic) bond motifs is 3. The number of aryl methyl sites for hydroxylation is 1. The van der Waals surface area contributed by atoms with Gasteiger partial charge < -0.3 is 9.32 Å². The number of hydrogen-bond donors (Lipinski definition) is 0. The predicted molar refractivity (Wildman–Crippen MR) is 134 cm³/mol. The molecule has 0 N–H and O–H groups in total. The lowest BCUT2D eigenvalue weighted by molar-refractivity contribution is 0.626. The molecule has 3 heterocycles. The van der Waals surface area contributed by atoms with E-state index < -0.39 is 0 Å². The monoisotopic (exact) mass is 436 g/mol. The zero-order valence-electron chi connectivity index (χ0n) is 18.1. The predicted octanol–water partition coefficient (Wildman–Crippen LogP) is 7.67. The Morgan fingerprint density at radius 2 is 1.53 bits per heavy atom. The van der Waals surface area contributed by atoms with Gasteiger partial charge in [0.25, 0.3) is 0 Å². The van der Waals surface area contributed by atoms with E-state index in [0.717, 1.165) is 16.4 Å². The van der Waals surface area contributed by atoms with E-state index in [9.17, 15) is 0 Å². The molecule has 1 aliphatic heterocycles. The first-order valence-corrected chi connectivity index (χ1v) is 12.0. The van der Waals surface area contributed by atoms with E-state index in [1.54, 1.807) is 6.20 Å². The molecule has 0 bridgehead atoms. The van der Waals surface area contributed by atoms with Crippen molar-refractivity contribution < 1.29 is 4.42 Å². The van der Waals surface area contributed by atoms with Crippen LogP contribution in [0.2, 0.25) is 0 Å². The number of thioether (sulfide) groups is 1. The number of furan rings is 1. The van der Waals surface area contributed by atoms with Gasteiger partial charge in [0.1, 0.15) is 5.37 Å². The Bertz CT molecular complexity index is 1400. The van der Waals surface area contributed by atoms with E-state index >= 15 is 0 Å². The molecular formula is C28H24N2OS. The summed E-state index contributed by atoms with van der Waals surface area (Å²) in [4.78, 5) is 7.05. The number of benzene rings is 3. The van der Waals surface area contributed by atoms with Gasteiger partial charge in [-0.1, -0.05) is 72.8 Å². The Kier molecular flexibility index (Phi) is 4.69. The third-order valence-electron chi connectivity index (χ3n) is 6.47. The Morgan fingerprint density at radius 3 is 2.28 bits per heavy atom. The molecule has 0 radical (unpaired) electrons. The van der Waals surface area contributed by atoms with Crippen LogP contribution < -0.4 is 4.90 Å². The molecule has 1 saturated heterocycles. The average Bonchev–Trinajstić information content (AvgIpc) is 3.38. The first-order valence-electron chi connectivity index (χ1n) is 11.0. The van der Waals surface area contributed by atoms with Crippen molar-refractivity contribution in [2.45, 2.75) is 30.5 Å². The van der Waals surface area contributed by atoms with Crippen LogP contribution in [-0.4, -0.2) is 11.0 Å². The van der Waals surface area contributed by atoms with Crippen molar-refractivity contribution in [3.63, 3.8) is 0 Å². The van der Waals surface area contributed by atoms with E-state index in [-0.39, 0.29) is 11.4 Å². The topological polar surface area (TPSA) is 29.3 Å². The van der Waals surface area contributed by atoms with Crippen LogP contribution in [0.1, 0.15) is 34.2 Å². The van der Waals surface area contributed by atoms with Gasteiger partial charge in [-0.2, -0.15) is 0 Å². The van der Waals surface area contributed by atoms with E-state index in [4.69, 9.17) is 4.42 Å². The fraction of sp³-hybridized carbons (Fsp3) is 0.179. The first-order chi connectivity index (χ1) is 15.7. The second-order valence-electron chi connectivity index (χ2n) is 8.44. The van der Waals surface area contributed by atoms with Gasteiger partial charge >= 0.3 is 0 Å². The summed E-state index contributed by atoms with van der Waals surface area (Å²) >= 11 is 2.02. The fourth-order valence-electron chi connectivity index (χ4n) is 4.93. The molecule has 3 aromatic carbocycles. The molecule has 158 valence electrons. The van der Waals surface area contributed by atoms with Crippen LogP contribution in [0.25, 0.3) is 22.1 Å². The normalized spacial score (nSPS) is 20.9. The minimum atomic E-state index is 0.196. The van der Waals surface area contributed by atoms with Crippen LogP contribution in [0.4, 0.5) is 5.69 Å². The van der Waals surface area contributed by atoms with E-state index in [1.807, 2.05) is 17.8 Å². The van der Waals surface area contributed by atoms with Crippen LogP contribution in [0.15, 0.2) is 95.5 Å². The van der Waals surface area contributed by atoms with E-state index in [2.05, 4.69) is 103 Å². The molecule has 2 unspecified atom stereocenters. The second kappa shape index (κ2) is 7.72. The van der Waals surface area contributed by atoms with Gasteiger partial charge in [0.2, 0.25) is 5.71 Å². The van der Waals surface area contributed by atoms with Crippen molar-refractivity contribution >= 4 is 39.5 Å². The van der Waals surface area contributed by atoms with Crippen LogP contribution in [0.5, 0.6) is 0 Å².